The van der Waals surface area contributed by atoms with Crippen LogP contribution in [0.5, 0.6) is 0 Å². The maximum atomic E-state index is 11.5. The van der Waals surface area contributed by atoms with E-state index in [1.54, 1.807) is 30.3 Å². The van der Waals surface area contributed by atoms with Crippen LogP contribution in [-0.4, -0.2) is 18.4 Å². The summed E-state index contributed by atoms with van der Waals surface area (Å²) in [5.41, 5.74) is 0.562. The van der Waals surface area contributed by atoms with Gasteiger partial charge in [-0.1, -0.05) is 24.3 Å². The number of allylic oxidation sites excluding steroid dienone is 2. The molecule has 1 rings (SSSR count). The van der Waals surface area contributed by atoms with Crippen molar-refractivity contribution >= 4 is 11.8 Å². The summed E-state index contributed by atoms with van der Waals surface area (Å²) in [5, 5.41) is 0. The van der Waals surface area contributed by atoms with E-state index in [1.165, 1.54) is 13.0 Å². The maximum Gasteiger partial charge on any atom is 0.338 e. The van der Waals surface area contributed by atoms with E-state index < -0.39 is 0 Å². The highest BCUT2D eigenvalue weighted by Gasteiger charge is 2.04. The highest BCUT2D eigenvalue weighted by atomic mass is 16.5. The van der Waals surface area contributed by atoms with Crippen molar-refractivity contribution in [1.29, 1.82) is 0 Å². The van der Waals surface area contributed by atoms with Gasteiger partial charge >= 0.3 is 5.97 Å². The first-order valence-electron chi connectivity index (χ1n) is 5.59. The van der Waals surface area contributed by atoms with Crippen LogP contribution in [0, 0.1) is 0 Å². The molecule has 0 heterocycles. The van der Waals surface area contributed by atoms with E-state index in [9.17, 15) is 9.59 Å². The van der Waals surface area contributed by atoms with Crippen LogP contribution in [-0.2, 0) is 9.53 Å². The molecule has 3 heteroatoms. The van der Waals surface area contributed by atoms with Crippen LogP contribution >= 0.6 is 0 Å². The molecule has 0 saturated heterocycles. The number of hydrogen-bond acceptors (Lipinski definition) is 3. The molecule has 0 unspecified atom stereocenters. The average molecular weight is 232 g/mol. The molecule has 0 N–H and O–H groups in total. The summed E-state index contributed by atoms with van der Waals surface area (Å²) in [6.45, 7) is 1.88. The van der Waals surface area contributed by atoms with Crippen molar-refractivity contribution in [2.24, 2.45) is 0 Å². The van der Waals surface area contributed by atoms with Crippen LogP contribution in [0.1, 0.15) is 30.1 Å². The summed E-state index contributed by atoms with van der Waals surface area (Å²) in [5.74, 6) is -0.271. The second-order valence-corrected chi connectivity index (χ2v) is 3.66. The number of ether oxygens (including phenoxy) is 1. The number of carbonyl (C=O) groups excluding carboxylic acids is 2. The summed E-state index contributed by atoms with van der Waals surface area (Å²) in [7, 11) is 0. The second kappa shape index (κ2) is 7.39. The van der Waals surface area contributed by atoms with E-state index >= 15 is 0 Å². The molecule has 0 atom stereocenters. The quantitative estimate of drug-likeness (QED) is 0.430. The van der Waals surface area contributed by atoms with Crippen LogP contribution in [0.15, 0.2) is 42.5 Å². The third-order valence-electron chi connectivity index (χ3n) is 2.11. The van der Waals surface area contributed by atoms with Gasteiger partial charge in [-0.2, -0.15) is 0 Å². The van der Waals surface area contributed by atoms with Crippen molar-refractivity contribution in [3.63, 3.8) is 0 Å². The molecule has 0 bridgehead atoms. The van der Waals surface area contributed by atoms with Crippen LogP contribution in [0.4, 0.5) is 0 Å². The van der Waals surface area contributed by atoms with Crippen LogP contribution in [0.25, 0.3) is 0 Å². The zero-order chi connectivity index (χ0) is 12.5. The van der Waals surface area contributed by atoms with E-state index in [-0.39, 0.29) is 11.8 Å². The molecule has 17 heavy (non-hydrogen) atoms. The predicted molar refractivity (Wildman–Crippen MR) is 65.8 cm³/mol. The Labute approximate surface area is 101 Å². The molecule has 0 saturated carbocycles. The second-order valence-electron chi connectivity index (χ2n) is 3.66. The molecule has 0 aliphatic carbocycles. The zero-order valence-electron chi connectivity index (χ0n) is 9.89. The topological polar surface area (TPSA) is 43.4 Å². The summed E-state index contributed by atoms with van der Waals surface area (Å²) < 4.78 is 5.08. The molecule has 0 radical (unpaired) electrons. The fourth-order valence-electron chi connectivity index (χ4n) is 1.27. The van der Waals surface area contributed by atoms with E-state index in [4.69, 9.17) is 4.74 Å². The van der Waals surface area contributed by atoms with E-state index in [0.717, 1.165) is 12.8 Å². The third kappa shape index (κ3) is 5.66. The lowest BCUT2D eigenvalue weighted by Crippen LogP contribution is -2.05. The van der Waals surface area contributed by atoms with E-state index in [1.807, 2.05) is 6.07 Å². The summed E-state index contributed by atoms with van der Waals surface area (Å²) in [6, 6.07) is 8.89. The fraction of sp³-hybridized carbons (Fsp3) is 0.286. The minimum absolute atomic E-state index is 0.0336. The maximum absolute atomic E-state index is 11.5. The number of rotatable bonds is 6. The van der Waals surface area contributed by atoms with Crippen molar-refractivity contribution in [3.05, 3.63) is 48.0 Å². The fourth-order valence-corrected chi connectivity index (χ4v) is 1.27. The molecule has 3 nitrogen and oxygen atoms in total. The van der Waals surface area contributed by atoms with Gasteiger partial charge in [-0.3, -0.25) is 4.79 Å². The van der Waals surface area contributed by atoms with Gasteiger partial charge < -0.3 is 4.74 Å². The van der Waals surface area contributed by atoms with Gasteiger partial charge in [0.25, 0.3) is 0 Å². The van der Waals surface area contributed by atoms with Gasteiger partial charge in [-0.05, 0) is 38.0 Å². The van der Waals surface area contributed by atoms with Crippen LogP contribution < -0.4 is 0 Å². The van der Waals surface area contributed by atoms with Crippen molar-refractivity contribution in [2.45, 2.75) is 19.8 Å². The Balaban J connectivity index is 2.19. The zero-order valence-corrected chi connectivity index (χ0v) is 9.89. The van der Waals surface area contributed by atoms with Crippen LogP contribution in [0.2, 0.25) is 0 Å². The largest absolute Gasteiger partial charge is 0.462 e. The molecule has 0 fully saturated rings. The van der Waals surface area contributed by atoms with Gasteiger partial charge in [-0.25, -0.2) is 4.79 Å². The first kappa shape index (κ1) is 13.2. The number of ketones is 1. The Morgan fingerprint density at radius 3 is 2.59 bits per heavy atom. The van der Waals surface area contributed by atoms with Crippen molar-refractivity contribution in [1.82, 2.24) is 0 Å². The first-order valence-corrected chi connectivity index (χ1v) is 5.59. The molecule has 0 amide bonds. The monoisotopic (exact) mass is 232 g/mol. The molecule has 0 aromatic heterocycles. The smallest absolute Gasteiger partial charge is 0.338 e. The summed E-state index contributed by atoms with van der Waals surface area (Å²) >= 11 is 0. The average Bonchev–Trinajstić information content (AvgIpc) is 2.34. The minimum Gasteiger partial charge on any atom is -0.462 e. The van der Waals surface area contributed by atoms with Gasteiger partial charge in [0.05, 0.1) is 12.2 Å². The van der Waals surface area contributed by atoms with Crippen molar-refractivity contribution < 1.29 is 14.3 Å². The standard InChI is InChI=1S/C14H16O3/c1-12(15)8-4-3-7-11-17-14(16)13-9-5-2-6-10-13/h2,4-6,8-10H,3,7,11H2,1H3/b8-4-. The van der Waals surface area contributed by atoms with Gasteiger partial charge in [0, 0.05) is 0 Å². The third-order valence-corrected chi connectivity index (χ3v) is 2.11. The molecule has 1 aromatic carbocycles. The first-order chi connectivity index (χ1) is 8.20. The van der Waals surface area contributed by atoms with Crippen molar-refractivity contribution in [3.8, 4) is 0 Å². The lowest BCUT2D eigenvalue weighted by atomic mass is 10.2. The molecule has 0 spiro atoms. The van der Waals surface area contributed by atoms with E-state index in [0.29, 0.717) is 12.2 Å². The normalized spacial score (nSPS) is 10.4. The Morgan fingerprint density at radius 2 is 1.94 bits per heavy atom. The highest BCUT2D eigenvalue weighted by Crippen LogP contribution is 2.02. The lowest BCUT2D eigenvalue weighted by molar-refractivity contribution is -0.112. The molecule has 90 valence electrons. The number of hydrogen-bond donors (Lipinski definition) is 0. The van der Waals surface area contributed by atoms with Gasteiger partial charge in [0.15, 0.2) is 5.78 Å². The Morgan fingerprint density at radius 1 is 1.24 bits per heavy atom. The molecular weight excluding hydrogens is 216 g/mol. The molecule has 1 aromatic rings. The van der Waals surface area contributed by atoms with Gasteiger partial charge in [0.2, 0.25) is 0 Å². The lowest BCUT2D eigenvalue weighted by Gasteiger charge is -2.03. The Hall–Kier alpha value is -1.90. The Bertz CT molecular complexity index is 393. The SMILES string of the molecule is CC(=O)/C=C\CCCOC(=O)c1ccccc1. The summed E-state index contributed by atoms with van der Waals surface area (Å²) in [4.78, 5) is 22.1. The van der Waals surface area contributed by atoms with Crippen molar-refractivity contribution in [2.75, 3.05) is 6.61 Å². The minimum atomic E-state index is -0.304. The van der Waals surface area contributed by atoms with Gasteiger partial charge in [-0.15, -0.1) is 0 Å². The van der Waals surface area contributed by atoms with Gasteiger partial charge in [0.1, 0.15) is 0 Å². The summed E-state index contributed by atoms with van der Waals surface area (Å²) in [6.07, 6.45) is 4.78. The number of benzene rings is 1. The van der Waals surface area contributed by atoms with Crippen LogP contribution in [0.3, 0.4) is 0 Å². The van der Waals surface area contributed by atoms with E-state index in [2.05, 4.69) is 0 Å². The number of esters is 1. The highest BCUT2D eigenvalue weighted by molar-refractivity contribution is 5.89. The number of carbonyl (C=O) groups is 2. The molecule has 0 aliphatic heterocycles. The number of unbranched alkanes of at least 4 members (excludes halogenated alkanes) is 1. The molecule has 0 aliphatic rings. The predicted octanol–water partition coefficient (Wildman–Crippen LogP) is 2.77. The Kier molecular flexibility index (Phi) is 5.72. The molecular formula is C14H16O3.